The van der Waals surface area contributed by atoms with Gasteiger partial charge in [0.2, 0.25) is 0 Å². The molecule has 0 aliphatic rings. The molecule has 0 saturated heterocycles. The lowest BCUT2D eigenvalue weighted by molar-refractivity contribution is 1.07. The van der Waals surface area contributed by atoms with Crippen molar-refractivity contribution in [2.75, 3.05) is 0 Å². The molecule has 260 valence electrons. The summed E-state index contributed by atoms with van der Waals surface area (Å²) in [5.74, 6) is 1.94. The van der Waals surface area contributed by atoms with Crippen LogP contribution >= 0.6 is 11.3 Å². The minimum absolute atomic E-state index is 0.639. The predicted molar refractivity (Wildman–Crippen MR) is 236 cm³/mol. The van der Waals surface area contributed by atoms with Crippen molar-refractivity contribution in [2.24, 2.45) is 0 Å². The molecular formula is C51H30N4S. The van der Waals surface area contributed by atoms with Crippen molar-refractivity contribution in [2.45, 2.75) is 0 Å². The van der Waals surface area contributed by atoms with Gasteiger partial charge in [-0.1, -0.05) is 152 Å². The highest BCUT2D eigenvalue weighted by atomic mass is 32.1. The number of fused-ring (bicyclic) bond motifs is 15. The molecule has 4 nitrogen and oxygen atoms in total. The van der Waals surface area contributed by atoms with Crippen LogP contribution in [0.15, 0.2) is 182 Å². The number of nitrogens with zero attached hydrogens (tertiary/aromatic N) is 4. The van der Waals surface area contributed by atoms with Crippen LogP contribution < -0.4 is 0 Å². The summed E-state index contributed by atoms with van der Waals surface area (Å²) in [6, 6.07) is 64.7. The Morgan fingerprint density at radius 1 is 0.321 bits per heavy atom. The Labute approximate surface area is 325 Å². The van der Waals surface area contributed by atoms with E-state index in [0.29, 0.717) is 17.5 Å². The Balaban J connectivity index is 1.19. The molecule has 0 fully saturated rings. The molecule has 0 saturated carbocycles. The molecule has 0 bridgehead atoms. The van der Waals surface area contributed by atoms with Crippen molar-refractivity contribution in [1.82, 2.24) is 19.5 Å². The summed E-state index contributed by atoms with van der Waals surface area (Å²) in [4.78, 5) is 15.0. The smallest absolute Gasteiger partial charge is 0.164 e. The highest BCUT2D eigenvalue weighted by Crippen LogP contribution is 2.51. The van der Waals surface area contributed by atoms with Gasteiger partial charge < -0.3 is 4.57 Å². The fourth-order valence-electron chi connectivity index (χ4n) is 8.78. The van der Waals surface area contributed by atoms with Gasteiger partial charge >= 0.3 is 0 Å². The average Bonchev–Trinajstić information content (AvgIpc) is 3.85. The van der Waals surface area contributed by atoms with Crippen molar-refractivity contribution >= 4 is 85.6 Å². The van der Waals surface area contributed by atoms with Crippen LogP contribution in [0.4, 0.5) is 0 Å². The maximum Gasteiger partial charge on any atom is 0.164 e. The molecule has 0 atom stereocenters. The van der Waals surface area contributed by atoms with Gasteiger partial charge in [-0.25, -0.2) is 15.0 Å². The monoisotopic (exact) mass is 730 g/mol. The zero-order chi connectivity index (χ0) is 36.7. The van der Waals surface area contributed by atoms with Crippen LogP contribution in [-0.4, -0.2) is 19.5 Å². The third-order valence-electron chi connectivity index (χ3n) is 11.2. The zero-order valence-corrected chi connectivity index (χ0v) is 30.8. The van der Waals surface area contributed by atoms with Gasteiger partial charge in [-0.05, 0) is 51.9 Å². The first-order valence-corrected chi connectivity index (χ1v) is 19.7. The van der Waals surface area contributed by atoms with E-state index < -0.39 is 0 Å². The lowest BCUT2D eigenvalue weighted by Gasteiger charge is -2.14. The van der Waals surface area contributed by atoms with E-state index in [4.69, 9.17) is 15.0 Å². The van der Waals surface area contributed by atoms with Crippen molar-refractivity contribution in [3.8, 4) is 39.9 Å². The summed E-state index contributed by atoms with van der Waals surface area (Å²) >= 11 is 1.91. The van der Waals surface area contributed by atoms with Gasteiger partial charge in [0.25, 0.3) is 0 Å². The first-order chi connectivity index (χ1) is 27.8. The second kappa shape index (κ2) is 12.2. The maximum atomic E-state index is 5.03. The van der Waals surface area contributed by atoms with Crippen LogP contribution in [0.2, 0.25) is 0 Å². The average molecular weight is 731 g/mol. The van der Waals surface area contributed by atoms with E-state index in [9.17, 15) is 0 Å². The molecule has 0 spiro atoms. The highest BCUT2D eigenvalue weighted by molar-refractivity contribution is 7.27. The molecule has 12 rings (SSSR count). The Morgan fingerprint density at radius 3 is 1.32 bits per heavy atom. The minimum Gasteiger partial charge on any atom is -0.308 e. The van der Waals surface area contributed by atoms with Crippen molar-refractivity contribution in [3.63, 3.8) is 0 Å². The number of thiophene rings is 1. The zero-order valence-electron chi connectivity index (χ0n) is 30.0. The standard InChI is InChI=1S/C51H30N4S/c1-3-15-31(16-4-1)49-52-50(32-17-5-2-6-18-32)54-51(53-49)33-27-29-34(30-28-33)55-46-39-23-11-8-20-36(39)35-19-7-9-21-37(35)44(46)45-47(55)40-24-12-10-22-38(40)43-41-25-13-14-26-42(41)56-48(43)45/h1-30H. The molecule has 0 aliphatic heterocycles. The molecule has 12 aromatic rings. The van der Waals surface area contributed by atoms with Crippen LogP contribution in [0.25, 0.3) is 114 Å². The maximum absolute atomic E-state index is 5.03. The van der Waals surface area contributed by atoms with Gasteiger partial charge in [0.15, 0.2) is 17.5 Å². The molecule has 3 heterocycles. The van der Waals surface area contributed by atoms with E-state index in [-0.39, 0.29) is 0 Å². The van der Waals surface area contributed by atoms with Gasteiger partial charge in [0, 0.05) is 64.1 Å². The molecule has 0 radical (unpaired) electrons. The summed E-state index contributed by atoms with van der Waals surface area (Å²) in [6.07, 6.45) is 0. The summed E-state index contributed by atoms with van der Waals surface area (Å²) in [6.45, 7) is 0. The van der Waals surface area contributed by atoms with Gasteiger partial charge in [0.05, 0.1) is 11.0 Å². The largest absolute Gasteiger partial charge is 0.308 e. The van der Waals surface area contributed by atoms with Crippen LogP contribution in [0.5, 0.6) is 0 Å². The summed E-state index contributed by atoms with van der Waals surface area (Å²) in [7, 11) is 0. The molecule has 3 aromatic heterocycles. The van der Waals surface area contributed by atoms with Crippen molar-refractivity contribution < 1.29 is 0 Å². The van der Waals surface area contributed by atoms with E-state index in [1.54, 1.807) is 0 Å². The molecule has 0 N–H and O–H groups in total. The van der Waals surface area contributed by atoms with Crippen molar-refractivity contribution in [1.29, 1.82) is 0 Å². The second-order valence-corrected chi connectivity index (χ2v) is 15.4. The fraction of sp³-hybridized carbons (Fsp3) is 0. The number of benzene rings is 9. The fourth-order valence-corrected chi connectivity index (χ4v) is 10.0. The number of hydrogen-bond acceptors (Lipinski definition) is 4. The molecule has 9 aromatic carbocycles. The van der Waals surface area contributed by atoms with E-state index in [2.05, 4.69) is 126 Å². The lowest BCUT2D eigenvalue weighted by atomic mass is 9.95. The molecule has 5 heteroatoms. The number of aromatic nitrogens is 4. The first-order valence-electron chi connectivity index (χ1n) is 18.9. The third-order valence-corrected chi connectivity index (χ3v) is 12.4. The van der Waals surface area contributed by atoms with Gasteiger partial charge in [0.1, 0.15) is 0 Å². The highest BCUT2D eigenvalue weighted by Gasteiger charge is 2.25. The second-order valence-electron chi connectivity index (χ2n) is 14.3. The number of hydrogen-bond donors (Lipinski definition) is 0. The molecular weight excluding hydrogens is 701 g/mol. The molecule has 0 amide bonds. The third kappa shape index (κ3) is 4.55. The predicted octanol–water partition coefficient (Wildman–Crippen LogP) is 13.8. The Hall–Kier alpha value is -7.21. The lowest BCUT2D eigenvalue weighted by Crippen LogP contribution is -2.00. The van der Waals surface area contributed by atoms with Crippen LogP contribution in [0, 0.1) is 0 Å². The Bertz CT molecular complexity index is 3450. The minimum atomic E-state index is 0.639. The summed E-state index contributed by atoms with van der Waals surface area (Å²) in [5.41, 5.74) is 6.36. The quantitative estimate of drug-likeness (QED) is 0.169. The first kappa shape index (κ1) is 31.2. The molecule has 0 aliphatic carbocycles. The van der Waals surface area contributed by atoms with Crippen molar-refractivity contribution in [3.05, 3.63) is 182 Å². The Kier molecular flexibility index (Phi) is 6.76. The van der Waals surface area contributed by atoms with Crippen LogP contribution in [0.1, 0.15) is 0 Å². The van der Waals surface area contributed by atoms with Gasteiger partial charge in [-0.2, -0.15) is 0 Å². The SMILES string of the molecule is c1ccc(-c2nc(-c3ccccc3)nc(-c3ccc(-n4c5c6ccccc6c6ccccc6c5c5c6sc7ccccc7c6c6ccccc6c54)cc3)n2)cc1. The van der Waals surface area contributed by atoms with Gasteiger partial charge in [-0.3, -0.25) is 0 Å². The Morgan fingerprint density at radius 2 is 0.732 bits per heavy atom. The molecule has 56 heavy (non-hydrogen) atoms. The summed E-state index contributed by atoms with van der Waals surface area (Å²) in [5, 5.41) is 12.8. The van der Waals surface area contributed by atoms with Crippen LogP contribution in [-0.2, 0) is 0 Å². The molecule has 0 unspecified atom stereocenters. The summed E-state index contributed by atoms with van der Waals surface area (Å²) < 4.78 is 5.15. The normalized spacial score (nSPS) is 11.9. The number of rotatable bonds is 4. The van der Waals surface area contributed by atoms with E-state index in [0.717, 1.165) is 22.4 Å². The topological polar surface area (TPSA) is 43.6 Å². The van der Waals surface area contributed by atoms with E-state index >= 15 is 0 Å². The van der Waals surface area contributed by atoms with E-state index in [1.165, 1.54) is 74.3 Å². The van der Waals surface area contributed by atoms with E-state index in [1.807, 2.05) is 72.0 Å². The van der Waals surface area contributed by atoms with Gasteiger partial charge in [-0.15, -0.1) is 11.3 Å². The van der Waals surface area contributed by atoms with Crippen LogP contribution in [0.3, 0.4) is 0 Å².